The van der Waals surface area contributed by atoms with Gasteiger partial charge in [-0.1, -0.05) is 29.4 Å². The van der Waals surface area contributed by atoms with E-state index >= 15 is 0 Å². The van der Waals surface area contributed by atoms with Crippen molar-refractivity contribution >= 4 is 40.3 Å². The molecule has 0 atom stereocenters. The number of thiophene rings is 2. The van der Waals surface area contributed by atoms with Crippen LogP contribution in [0.15, 0.2) is 63.8 Å². The van der Waals surface area contributed by atoms with Crippen LogP contribution in [0.5, 0.6) is 0 Å². The molecule has 3 aromatic heterocycles. The molecule has 0 aliphatic heterocycles. The van der Waals surface area contributed by atoms with E-state index in [0.717, 1.165) is 9.75 Å². The molecule has 3 heterocycles. The van der Waals surface area contributed by atoms with Crippen molar-refractivity contribution in [1.82, 2.24) is 10.1 Å². The van der Waals surface area contributed by atoms with E-state index in [2.05, 4.69) is 10.1 Å². The van der Waals surface area contributed by atoms with Crippen LogP contribution in [-0.2, 0) is 16.1 Å². The molecule has 28 heavy (non-hydrogen) atoms. The molecule has 4 rings (SSSR count). The summed E-state index contributed by atoms with van der Waals surface area (Å²) in [7, 11) is 0. The number of hydrogen-bond donors (Lipinski definition) is 0. The number of esters is 1. The number of ether oxygens (including phenoxy) is 1. The first-order valence-corrected chi connectivity index (χ1v) is 10.00. The molecular weight excluding hydrogens is 399 g/mol. The Hall–Kier alpha value is -3.10. The number of carbonyl (C=O) groups is 1. The van der Waals surface area contributed by atoms with Crippen LogP contribution >= 0.6 is 22.7 Å². The van der Waals surface area contributed by atoms with Gasteiger partial charge in [0.25, 0.3) is 5.89 Å². The molecule has 4 aromatic rings. The van der Waals surface area contributed by atoms with Crippen molar-refractivity contribution in [3.63, 3.8) is 0 Å². The lowest BCUT2D eigenvalue weighted by atomic mass is 10.1. The van der Waals surface area contributed by atoms with Crippen LogP contribution in [0.4, 0.5) is 4.39 Å². The molecule has 0 saturated carbocycles. The van der Waals surface area contributed by atoms with Gasteiger partial charge in [0.05, 0.1) is 10.5 Å². The van der Waals surface area contributed by atoms with Gasteiger partial charge < -0.3 is 9.26 Å². The summed E-state index contributed by atoms with van der Waals surface area (Å²) in [5, 5.41) is 7.68. The van der Waals surface area contributed by atoms with Crippen molar-refractivity contribution < 1.29 is 18.4 Å². The van der Waals surface area contributed by atoms with E-state index in [0.29, 0.717) is 17.0 Å². The fourth-order valence-electron chi connectivity index (χ4n) is 2.41. The lowest BCUT2D eigenvalue weighted by molar-refractivity contribution is -0.138. The van der Waals surface area contributed by atoms with Gasteiger partial charge in [-0.2, -0.15) is 4.98 Å². The molecule has 5 nitrogen and oxygen atoms in total. The maximum Gasteiger partial charge on any atom is 0.340 e. The topological polar surface area (TPSA) is 65.2 Å². The minimum Gasteiger partial charge on any atom is -0.452 e. The van der Waals surface area contributed by atoms with Crippen molar-refractivity contribution in [3.05, 3.63) is 81.4 Å². The summed E-state index contributed by atoms with van der Waals surface area (Å²) in [5.74, 6) is -0.191. The lowest BCUT2D eigenvalue weighted by Crippen LogP contribution is -2.07. The highest BCUT2D eigenvalue weighted by molar-refractivity contribution is 7.13. The second-order valence-corrected chi connectivity index (χ2v) is 7.55. The van der Waals surface area contributed by atoms with E-state index in [1.807, 2.05) is 35.0 Å². The first-order chi connectivity index (χ1) is 13.7. The molecule has 0 aliphatic rings. The Bertz CT molecular complexity index is 1090. The summed E-state index contributed by atoms with van der Waals surface area (Å²) >= 11 is 2.90. The minimum atomic E-state index is -0.525. The Morgan fingerprint density at radius 3 is 2.61 bits per heavy atom. The van der Waals surface area contributed by atoms with E-state index in [9.17, 15) is 9.18 Å². The molecule has 0 spiro atoms. The quantitative estimate of drug-likeness (QED) is 0.318. The Morgan fingerprint density at radius 2 is 1.89 bits per heavy atom. The Labute approximate surface area is 167 Å². The number of rotatable bonds is 6. The van der Waals surface area contributed by atoms with E-state index in [-0.39, 0.29) is 18.3 Å². The summed E-state index contributed by atoms with van der Waals surface area (Å²) in [6.07, 6.45) is 1.67. The average Bonchev–Trinajstić information content (AvgIpc) is 3.48. The highest BCUT2D eigenvalue weighted by atomic mass is 32.1. The van der Waals surface area contributed by atoms with E-state index in [1.54, 1.807) is 18.2 Å². The second-order valence-electron chi connectivity index (χ2n) is 5.65. The SMILES string of the molecule is O=C(OCc1nc(-c2cccs2)no1)/C(=C/c1ccc(F)cc1)c1cccs1. The number of hydrogen-bond acceptors (Lipinski definition) is 7. The molecule has 0 N–H and O–H groups in total. The van der Waals surface area contributed by atoms with Crippen LogP contribution in [0.1, 0.15) is 16.3 Å². The number of halogens is 1. The molecular formula is C20H13FN2O3S2. The van der Waals surface area contributed by atoms with Gasteiger partial charge in [0.2, 0.25) is 5.82 Å². The lowest BCUT2D eigenvalue weighted by Gasteiger charge is -2.06. The predicted octanol–water partition coefficient (Wildman–Crippen LogP) is 5.28. The normalized spacial score (nSPS) is 11.5. The van der Waals surface area contributed by atoms with Crippen molar-refractivity contribution in [1.29, 1.82) is 0 Å². The minimum absolute atomic E-state index is 0.136. The van der Waals surface area contributed by atoms with Crippen molar-refractivity contribution in [2.24, 2.45) is 0 Å². The van der Waals surface area contributed by atoms with Crippen LogP contribution in [0.2, 0.25) is 0 Å². The fourth-order valence-corrected chi connectivity index (χ4v) is 3.79. The molecule has 1 aromatic carbocycles. The van der Waals surface area contributed by atoms with Crippen molar-refractivity contribution in [2.75, 3.05) is 0 Å². The molecule has 140 valence electrons. The Morgan fingerprint density at radius 1 is 1.11 bits per heavy atom. The maximum absolute atomic E-state index is 13.1. The zero-order valence-corrected chi connectivity index (χ0v) is 16.0. The largest absolute Gasteiger partial charge is 0.452 e. The van der Waals surface area contributed by atoms with Crippen LogP contribution in [0.25, 0.3) is 22.4 Å². The first kappa shape index (κ1) is 18.3. The number of carbonyl (C=O) groups excluding carboxylic acids is 1. The summed E-state index contributed by atoms with van der Waals surface area (Å²) in [6, 6.07) is 13.3. The first-order valence-electron chi connectivity index (χ1n) is 8.24. The molecule has 0 bridgehead atoms. The zero-order chi connectivity index (χ0) is 19.3. The predicted molar refractivity (Wildman–Crippen MR) is 106 cm³/mol. The van der Waals surface area contributed by atoms with Gasteiger partial charge >= 0.3 is 5.97 Å². The van der Waals surface area contributed by atoms with E-state index < -0.39 is 5.97 Å². The van der Waals surface area contributed by atoms with Gasteiger partial charge in [0, 0.05) is 4.88 Å². The van der Waals surface area contributed by atoms with Crippen LogP contribution in [0.3, 0.4) is 0 Å². The average molecular weight is 412 g/mol. The third kappa shape index (κ3) is 4.24. The number of nitrogens with zero attached hydrogens (tertiary/aromatic N) is 2. The molecule has 0 fully saturated rings. The third-order valence-electron chi connectivity index (χ3n) is 3.72. The second kappa shape index (κ2) is 8.28. The number of benzene rings is 1. The Balaban J connectivity index is 1.51. The summed E-state index contributed by atoms with van der Waals surface area (Å²) in [6.45, 7) is -0.136. The van der Waals surface area contributed by atoms with Gasteiger partial charge in [-0.05, 0) is 46.7 Å². The van der Waals surface area contributed by atoms with Gasteiger partial charge in [-0.15, -0.1) is 22.7 Å². The van der Waals surface area contributed by atoms with Crippen LogP contribution < -0.4 is 0 Å². The highest BCUT2D eigenvalue weighted by Crippen LogP contribution is 2.25. The third-order valence-corrected chi connectivity index (χ3v) is 5.49. The number of aromatic nitrogens is 2. The standard InChI is InChI=1S/C20H13FN2O3S2/c21-14-7-5-13(6-8-14)11-15(16-3-1-9-27-16)20(24)25-12-18-22-19(23-26-18)17-4-2-10-28-17/h1-11H,12H2/b15-11+. The molecule has 0 radical (unpaired) electrons. The maximum atomic E-state index is 13.1. The summed E-state index contributed by atoms with van der Waals surface area (Å²) in [5.41, 5.74) is 1.07. The van der Waals surface area contributed by atoms with E-state index in [4.69, 9.17) is 9.26 Å². The molecule has 0 aliphatic carbocycles. The summed E-state index contributed by atoms with van der Waals surface area (Å²) in [4.78, 5) is 18.5. The fraction of sp³-hybridized carbons (Fsp3) is 0.0500. The molecule has 0 saturated heterocycles. The van der Waals surface area contributed by atoms with Gasteiger partial charge in [-0.25, -0.2) is 9.18 Å². The van der Waals surface area contributed by atoms with Crippen molar-refractivity contribution in [2.45, 2.75) is 6.61 Å². The van der Waals surface area contributed by atoms with Crippen LogP contribution in [-0.4, -0.2) is 16.1 Å². The molecule has 0 unspecified atom stereocenters. The van der Waals surface area contributed by atoms with Crippen LogP contribution in [0, 0.1) is 5.82 Å². The summed E-state index contributed by atoms with van der Waals surface area (Å²) < 4.78 is 23.7. The van der Waals surface area contributed by atoms with Gasteiger partial charge in [0.15, 0.2) is 6.61 Å². The Kier molecular flexibility index (Phi) is 5.41. The molecule has 0 amide bonds. The van der Waals surface area contributed by atoms with Gasteiger partial charge in [-0.3, -0.25) is 0 Å². The van der Waals surface area contributed by atoms with Gasteiger partial charge in [0.1, 0.15) is 5.82 Å². The van der Waals surface area contributed by atoms with E-state index in [1.165, 1.54) is 34.8 Å². The monoisotopic (exact) mass is 412 g/mol. The highest BCUT2D eigenvalue weighted by Gasteiger charge is 2.17. The zero-order valence-electron chi connectivity index (χ0n) is 14.4. The van der Waals surface area contributed by atoms with Crippen molar-refractivity contribution in [3.8, 4) is 10.7 Å². The molecule has 8 heteroatoms. The smallest absolute Gasteiger partial charge is 0.340 e.